The van der Waals surface area contributed by atoms with E-state index in [1.807, 2.05) is 12.2 Å². The molecule has 1 aromatic carbocycles. The third kappa shape index (κ3) is 2.37. The number of carbonyl (C=O) groups excluding carboxylic acids is 2. The van der Waals surface area contributed by atoms with E-state index in [0.717, 1.165) is 0 Å². The number of rotatable bonds is 4. The van der Waals surface area contributed by atoms with Crippen molar-refractivity contribution in [2.24, 2.45) is 11.8 Å². The van der Waals surface area contributed by atoms with Crippen molar-refractivity contribution in [3.05, 3.63) is 48.2 Å². The van der Waals surface area contributed by atoms with Gasteiger partial charge in [0.05, 0.1) is 31.6 Å². The van der Waals surface area contributed by atoms with Crippen molar-refractivity contribution in [3.8, 4) is 5.75 Å². The first-order valence-corrected chi connectivity index (χ1v) is 9.07. The first-order valence-electron chi connectivity index (χ1n) is 9.07. The quantitative estimate of drug-likeness (QED) is 0.814. The topological polar surface area (TPSA) is 93.9 Å². The molecule has 8 nitrogen and oxygen atoms in total. The molecule has 28 heavy (non-hydrogen) atoms. The Balaban J connectivity index is 1.41. The maximum atomic E-state index is 13.2. The summed E-state index contributed by atoms with van der Waals surface area (Å²) in [6.07, 6.45) is 3.37. The van der Waals surface area contributed by atoms with Gasteiger partial charge >= 0.3 is 0 Å². The van der Waals surface area contributed by atoms with Crippen LogP contribution < -0.4 is 15.0 Å². The minimum absolute atomic E-state index is 0.171. The van der Waals surface area contributed by atoms with Gasteiger partial charge in [-0.1, -0.05) is 17.3 Å². The average molecular weight is 381 g/mol. The second-order valence-corrected chi connectivity index (χ2v) is 7.34. The summed E-state index contributed by atoms with van der Waals surface area (Å²) in [4.78, 5) is 27.7. The van der Waals surface area contributed by atoms with Crippen LogP contribution in [0.25, 0.3) is 0 Å². The molecule has 3 unspecified atom stereocenters. The van der Waals surface area contributed by atoms with E-state index in [4.69, 9.17) is 14.0 Å². The lowest BCUT2D eigenvalue weighted by Gasteiger charge is -2.23. The summed E-state index contributed by atoms with van der Waals surface area (Å²) in [5, 5.41) is 6.84. The van der Waals surface area contributed by atoms with Gasteiger partial charge in [-0.05, 0) is 31.2 Å². The minimum Gasteiger partial charge on any atom is -0.497 e. The molecule has 1 N–H and O–H groups in total. The number of hydrogen-bond acceptors (Lipinski definition) is 6. The molecule has 4 atom stereocenters. The summed E-state index contributed by atoms with van der Waals surface area (Å²) in [6.45, 7) is 2.09. The second kappa shape index (κ2) is 5.93. The molecule has 1 spiro atoms. The Hall–Kier alpha value is -3.13. The summed E-state index contributed by atoms with van der Waals surface area (Å²) in [5.74, 6) is 0.170. The number of hydrogen-bond donors (Lipinski definition) is 1. The Morgan fingerprint density at radius 1 is 1.36 bits per heavy atom. The van der Waals surface area contributed by atoms with E-state index < -0.39 is 23.5 Å². The number of nitrogens with zero attached hydrogens (tertiary/aromatic N) is 2. The summed E-state index contributed by atoms with van der Waals surface area (Å²) < 4.78 is 16.3. The fraction of sp³-hybridized carbons (Fsp3) is 0.350. The number of fused-ring (bicyclic) bond motifs is 1. The molecule has 2 bridgehead atoms. The Labute approximate surface area is 161 Å². The predicted molar refractivity (Wildman–Crippen MR) is 98.9 cm³/mol. The predicted octanol–water partition coefficient (Wildman–Crippen LogP) is 1.92. The molecule has 4 heterocycles. The number of anilines is 2. The SMILES string of the molecule is COc1ccc(NC(=O)C2C3C(=O)N(c4cc(C)on4)CC34C=C[C@H]2O4)cc1. The van der Waals surface area contributed by atoms with Crippen molar-refractivity contribution in [1.29, 1.82) is 0 Å². The fourth-order valence-electron chi connectivity index (χ4n) is 4.37. The molecule has 3 aliphatic rings. The average Bonchev–Trinajstić information content (AvgIpc) is 3.43. The van der Waals surface area contributed by atoms with Gasteiger partial charge in [0, 0.05) is 11.8 Å². The molecule has 2 saturated heterocycles. The lowest BCUT2D eigenvalue weighted by molar-refractivity contribution is -0.128. The van der Waals surface area contributed by atoms with Gasteiger partial charge in [0.1, 0.15) is 17.1 Å². The van der Waals surface area contributed by atoms with Crippen molar-refractivity contribution in [1.82, 2.24) is 5.16 Å². The highest BCUT2D eigenvalue weighted by molar-refractivity contribution is 6.05. The maximum absolute atomic E-state index is 13.2. The van der Waals surface area contributed by atoms with Crippen molar-refractivity contribution in [3.63, 3.8) is 0 Å². The highest BCUT2D eigenvalue weighted by Gasteiger charge is 2.67. The minimum atomic E-state index is -0.795. The number of ether oxygens (including phenoxy) is 2. The molecule has 8 heteroatoms. The van der Waals surface area contributed by atoms with E-state index in [0.29, 0.717) is 29.6 Å². The zero-order valence-electron chi connectivity index (χ0n) is 15.4. The lowest BCUT2D eigenvalue weighted by atomic mass is 9.77. The smallest absolute Gasteiger partial charge is 0.235 e. The van der Waals surface area contributed by atoms with Crippen LogP contribution in [0.3, 0.4) is 0 Å². The van der Waals surface area contributed by atoms with Crippen LogP contribution in [0.1, 0.15) is 5.76 Å². The van der Waals surface area contributed by atoms with Crippen LogP contribution in [0.4, 0.5) is 11.5 Å². The van der Waals surface area contributed by atoms with Crippen molar-refractivity contribution >= 4 is 23.3 Å². The van der Waals surface area contributed by atoms with Crippen LogP contribution in [0.2, 0.25) is 0 Å². The van der Waals surface area contributed by atoms with Gasteiger partial charge < -0.3 is 19.3 Å². The van der Waals surface area contributed by atoms with Gasteiger partial charge in [-0.3, -0.25) is 14.5 Å². The van der Waals surface area contributed by atoms with Gasteiger partial charge in [-0.15, -0.1) is 0 Å². The Kier molecular flexibility index (Phi) is 3.60. The highest BCUT2D eigenvalue weighted by Crippen LogP contribution is 2.52. The van der Waals surface area contributed by atoms with E-state index in [2.05, 4.69) is 10.5 Å². The van der Waals surface area contributed by atoms with E-state index in [9.17, 15) is 9.59 Å². The van der Waals surface area contributed by atoms with E-state index in [1.54, 1.807) is 49.3 Å². The van der Waals surface area contributed by atoms with Gasteiger partial charge in [0.2, 0.25) is 11.8 Å². The van der Waals surface area contributed by atoms with Gasteiger partial charge in [0.25, 0.3) is 0 Å². The Morgan fingerprint density at radius 3 is 2.82 bits per heavy atom. The van der Waals surface area contributed by atoms with Crippen LogP contribution in [-0.4, -0.2) is 42.3 Å². The van der Waals surface area contributed by atoms with Crippen LogP contribution >= 0.6 is 0 Å². The number of methoxy groups -OCH3 is 1. The highest BCUT2D eigenvalue weighted by atomic mass is 16.5. The normalized spacial score (nSPS) is 30.0. The molecular weight excluding hydrogens is 362 g/mol. The molecule has 0 aliphatic carbocycles. The second-order valence-electron chi connectivity index (χ2n) is 7.34. The summed E-state index contributed by atoms with van der Waals surface area (Å²) in [7, 11) is 1.58. The molecule has 2 aromatic rings. The Bertz CT molecular complexity index is 982. The first kappa shape index (κ1) is 17.0. The van der Waals surface area contributed by atoms with Crippen molar-refractivity contribution in [2.45, 2.75) is 18.6 Å². The van der Waals surface area contributed by atoms with Crippen LogP contribution in [0.5, 0.6) is 5.75 Å². The summed E-state index contributed by atoms with van der Waals surface area (Å²) in [6, 6.07) is 8.76. The van der Waals surface area contributed by atoms with Crippen LogP contribution in [0, 0.1) is 18.8 Å². The monoisotopic (exact) mass is 381 g/mol. The number of nitrogens with one attached hydrogen (secondary N) is 1. The van der Waals surface area contributed by atoms with Crippen molar-refractivity contribution < 1.29 is 23.6 Å². The zero-order valence-corrected chi connectivity index (χ0v) is 15.4. The van der Waals surface area contributed by atoms with Crippen molar-refractivity contribution in [2.75, 3.05) is 23.9 Å². The molecule has 5 rings (SSSR count). The molecule has 1 aromatic heterocycles. The van der Waals surface area contributed by atoms with E-state index >= 15 is 0 Å². The van der Waals surface area contributed by atoms with Crippen LogP contribution in [-0.2, 0) is 14.3 Å². The number of carbonyl (C=O) groups is 2. The molecule has 0 saturated carbocycles. The number of aryl methyl sites for hydroxylation is 1. The molecule has 0 radical (unpaired) electrons. The van der Waals surface area contributed by atoms with Crippen LogP contribution in [0.15, 0.2) is 47.0 Å². The molecule has 3 aliphatic heterocycles. The third-order valence-corrected chi connectivity index (χ3v) is 5.65. The number of aromatic nitrogens is 1. The standard InChI is InChI=1S/C20H19N3O5/c1-11-9-15(22-28-11)23-10-20-8-7-14(27-20)16(17(20)19(23)25)18(24)21-12-3-5-13(26-2)6-4-12/h3-9,14,16-17H,10H2,1-2H3,(H,21,24)/t14-,16?,17?,20?/m1/s1. The van der Waals surface area contributed by atoms with Gasteiger partial charge in [-0.2, -0.15) is 0 Å². The fourth-order valence-corrected chi connectivity index (χ4v) is 4.37. The zero-order chi connectivity index (χ0) is 19.5. The first-order chi connectivity index (χ1) is 13.5. The molecular formula is C20H19N3O5. The third-order valence-electron chi connectivity index (χ3n) is 5.65. The van der Waals surface area contributed by atoms with Gasteiger partial charge in [-0.25, -0.2) is 0 Å². The molecule has 2 fully saturated rings. The number of benzene rings is 1. The largest absolute Gasteiger partial charge is 0.497 e. The Morgan fingerprint density at radius 2 is 2.14 bits per heavy atom. The lowest BCUT2D eigenvalue weighted by Crippen LogP contribution is -2.41. The number of amides is 2. The van der Waals surface area contributed by atoms with E-state index in [1.165, 1.54) is 0 Å². The molecule has 144 valence electrons. The maximum Gasteiger partial charge on any atom is 0.235 e. The van der Waals surface area contributed by atoms with E-state index in [-0.39, 0.29) is 11.8 Å². The molecule has 2 amide bonds. The summed E-state index contributed by atoms with van der Waals surface area (Å²) in [5.41, 5.74) is -0.155. The summed E-state index contributed by atoms with van der Waals surface area (Å²) >= 11 is 0. The van der Waals surface area contributed by atoms with Gasteiger partial charge in [0.15, 0.2) is 5.82 Å².